The average molecular weight is 702 g/mol. The number of carbonyl (C=O) groups excluding carboxylic acids is 2. The molecule has 3 aliphatic heterocycles. The lowest BCUT2D eigenvalue weighted by molar-refractivity contribution is -0.134. The smallest absolute Gasteiger partial charge is 0.234 e. The second kappa shape index (κ2) is 14.2. The Hall–Kier alpha value is -5.26. The summed E-state index contributed by atoms with van der Waals surface area (Å²) in [5.74, 6) is 1.31. The van der Waals surface area contributed by atoms with Crippen molar-refractivity contribution in [3.05, 3.63) is 71.1 Å². The van der Waals surface area contributed by atoms with Crippen LogP contribution in [0.15, 0.2) is 55.0 Å². The summed E-state index contributed by atoms with van der Waals surface area (Å²) in [5.41, 5.74) is 5.72. The summed E-state index contributed by atoms with van der Waals surface area (Å²) >= 11 is 1.66. The molecule has 0 spiro atoms. The summed E-state index contributed by atoms with van der Waals surface area (Å²) in [6, 6.07) is 13.9. The molecule has 51 heavy (non-hydrogen) atoms. The minimum atomic E-state index is -0.299. The summed E-state index contributed by atoms with van der Waals surface area (Å²) in [5, 5.41) is 30.6. The van der Waals surface area contributed by atoms with E-state index in [1.165, 1.54) is 0 Å². The summed E-state index contributed by atoms with van der Waals surface area (Å²) in [4.78, 5) is 38.2. The predicted octanol–water partition coefficient (Wildman–Crippen LogP) is 4.84. The highest BCUT2D eigenvalue weighted by atomic mass is 32.1. The predicted molar refractivity (Wildman–Crippen MR) is 194 cm³/mol. The Labute approximate surface area is 299 Å². The molecule has 0 unspecified atom stereocenters. The van der Waals surface area contributed by atoms with Gasteiger partial charge in [-0.05, 0) is 87.0 Å². The Morgan fingerprint density at radius 2 is 1.80 bits per heavy atom. The van der Waals surface area contributed by atoms with E-state index in [0.717, 1.165) is 108 Å². The van der Waals surface area contributed by atoms with Gasteiger partial charge in [-0.15, -0.1) is 10.2 Å². The summed E-state index contributed by atoms with van der Waals surface area (Å²) < 4.78 is 1.80. The highest BCUT2D eigenvalue weighted by Crippen LogP contribution is 2.37. The third kappa shape index (κ3) is 6.79. The number of rotatable bonds is 8. The summed E-state index contributed by atoms with van der Waals surface area (Å²) in [7, 11) is 1.90. The molecule has 14 heteroatoms. The molecule has 5 aromatic rings. The molecule has 2 N–H and O–H groups in total. The lowest BCUT2D eigenvalue weighted by atomic mass is 9.91. The van der Waals surface area contributed by atoms with Gasteiger partial charge < -0.3 is 15.1 Å². The van der Waals surface area contributed by atoms with E-state index in [-0.39, 0.29) is 17.7 Å². The van der Waals surface area contributed by atoms with Crippen LogP contribution in [-0.4, -0.2) is 86.3 Å². The van der Waals surface area contributed by atoms with Crippen LogP contribution in [0.5, 0.6) is 0 Å². The molecule has 1 atom stereocenters. The van der Waals surface area contributed by atoms with E-state index in [4.69, 9.17) is 9.97 Å². The maximum absolute atomic E-state index is 12.2. The monoisotopic (exact) mass is 701 g/mol. The van der Waals surface area contributed by atoms with Crippen molar-refractivity contribution in [1.82, 2.24) is 40.0 Å². The number of carbonyl (C=O) groups is 2. The molecule has 5 aromatic heterocycles. The number of imide groups is 1. The first-order valence-electron chi connectivity index (χ1n) is 17.6. The van der Waals surface area contributed by atoms with Gasteiger partial charge in [-0.1, -0.05) is 17.4 Å². The Morgan fingerprint density at radius 3 is 2.55 bits per heavy atom. The van der Waals surface area contributed by atoms with Crippen LogP contribution in [0.1, 0.15) is 66.5 Å². The van der Waals surface area contributed by atoms with E-state index >= 15 is 0 Å². The maximum Gasteiger partial charge on any atom is 0.234 e. The van der Waals surface area contributed by atoms with Crippen molar-refractivity contribution in [3.63, 3.8) is 0 Å². The first-order chi connectivity index (χ1) is 24.9. The fourth-order valence-electron chi connectivity index (χ4n) is 7.61. The van der Waals surface area contributed by atoms with Gasteiger partial charge in [0.05, 0.1) is 40.1 Å². The van der Waals surface area contributed by atoms with Crippen LogP contribution in [0.25, 0.3) is 27.5 Å². The largest absolute Gasteiger partial charge is 0.387 e. The number of nitrogens with one attached hydrogen (secondary N) is 2. The molecule has 2 amide bonds. The molecule has 0 radical (unpaired) electrons. The number of hydrogen-bond acceptors (Lipinski definition) is 12. The fourth-order valence-corrected chi connectivity index (χ4v) is 8.65. The molecule has 0 bridgehead atoms. The van der Waals surface area contributed by atoms with Crippen molar-refractivity contribution in [2.45, 2.75) is 50.4 Å². The minimum Gasteiger partial charge on any atom is -0.387 e. The van der Waals surface area contributed by atoms with Crippen LogP contribution in [0.4, 0.5) is 11.5 Å². The van der Waals surface area contributed by atoms with Gasteiger partial charge in [-0.2, -0.15) is 10.4 Å². The van der Waals surface area contributed by atoms with Gasteiger partial charge in [0.1, 0.15) is 16.9 Å². The highest BCUT2D eigenvalue weighted by Gasteiger charge is 2.30. The molecule has 3 saturated heterocycles. The lowest BCUT2D eigenvalue weighted by Crippen LogP contribution is -2.41. The van der Waals surface area contributed by atoms with E-state index in [9.17, 15) is 14.9 Å². The van der Waals surface area contributed by atoms with E-state index in [2.05, 4.69) is 41.8 Å². The lowest BCUT2D eigenvalue weighted by Gasteiger charge is -2.37. The zero-order chi connectivity index (χ0) is 34.9. The highest BCUT2D eigenvalue weighted by molar-refractivity contribution is 7.14. The van der Waals surface area contributed by atoms with E-state index in [1.54, 1.807) is 28.2 Å². The van der Waals surface area contributed by atoms with Gasteiger partial charge in [-0.3, -0.25) is 19.9 Å². The number of nitrogens with zero attached hydrogens (tertiary/aromatic N) is 9. The summed E-state index contributed by atoms with van der Waals surface area (Å²) in [6.45, 7) is 5.21. The van der Waals surface area contributed by atoms with Crippen molar-refractivity contribution >= 4 is 40.2 Å². The number of hydrogen-bond donors (Lipinski definition) is 2. The minimum absolute atomic E-state index is 0.195. The van der Waals surface area contributed by atoms with Crippen LogP contribution < -0.4 is 15.5 Å². The fraction of sp³-hybridized carbons (Fsp3) is 0.405. The van der Waals surface area contributed by atoms with Crippen LogP contribution in [0.3, 0.4) is 0 Å². The molecule has 8 heterocycles. The molecule has 3 fully saturated rings. The number of aromatic nitrogens is 6. The van der Waals surface area contributed by atoms with Gasteiger partial charge >= 0.3 is 0 Å². The maximum atomic E-state index is 12.2. The van der Waals surface area contributed by atoms with Crippen molar-refractivity contribution in [1.29, 1.82) is 5.26 Å². The molecule has 8 rings (SSSR count). The molecular formula is C37H39N11O2S. The molecule has 0 aliphatic carbocycles. The first kappa shape index (κ1) is 32.9. The van der Waals surface area contributed by atoms with E-state index in [1.807, 2.05) is 49.6 Å². The number of piperidine rings is 3. The molecular weight excluding hydrogens is 663 g/mol. The Morgan fingerprint density at radius 1 is 0.961 bits per heavy atom. The van der Waals surface area contributed by atoms with Gasteiger partial charge in [0.2, 0.25) is 11.8 Å². The van der Waals surface area contributed by atoms with Gasteiger partial charge in [-0.25, -0.2) is 9.50 Å². The standard InChI is InChI=1S/C37H39N11O2S/c1-39-30-17-31(32-5-3-27-16-24(18-38)19-42-48(27)32)40-21-29(30)37-45-44-36(51-37)25-10-12-46(13-11-25)22-23-8-14-47(15-9-23)33-6-2-26(20-41-33)28-4-7-34(49)43-35(28)50/h2-3,5-6,16-17,19-21,23,25,28H,4,7-15,22H2,1H3,(H,39,40)(H,43,49,50)/t28-/m1/s1. The van der Waals surface area contributed by atoms with E-state index < -0.39 is 0 Å². The second-order valence-electron chi connectivity index (χ2n) is 13.7. The second-order valence-corrected chi connectivity index (χ2v) is 14.7. The molecule has 260 valence electrons. The third-order valence-electron chi connectivity index (χ3n) is 10.5. The van der Waals surface area contributed by atoms with E-state index in [0.29, 0.717) is 30.2 Å². The molecule has 13 nitrogen and oxygen atoms in total. The van der Waals surface area contributed by atoms with Crippen LogP contribution in [-0.2, 0) is 9.59 Å². The topological polar surface area (TPSA) is 157 Å². The molecule has 3 aliphatic rings. The van der Waals surface area contributed by atoms with Crippen LogP contribution in [0, 0.1) is 17.2 Å². The first-order valence-corrected chi connectivity index (χ1v) is 18.4. The molecule has 0 aromatic carbocycles. The van der Waals surface area contributed by atoms with Crippen LogP contribution >= 0.6 is 11.3 Å². The SMILES string of the molecule is CNc1cc(-c2ccc3cc(C#N)cnn23)ncc1-c1nnc(C2CCN(CC3CCN(c4ccc([C@H]5CCC(=O)NC5=O)cn4)CC3)CC2)s1. The van der Waals surface area contributed by atoms with Crippen molar-refractivity contribution in [2.24, 2.45) is 5.92 Å². The van der Waals surface area contributed by atoms with Crippen LogP contribution in [0.2, 0.25) is 0 Å². The number of likely N-dealkylation sites (tertiary alicyclic amines) is 1. The number of pyridine rings is 2. The normalized spacial score (nSPS) is 19.3. The summed E-state index contributed by atoms with van der Waals surface area (Å²) in [6.07, 6.45) is 10.6. The Bertz CT molecular complexity index is 2100. The zero-order valence-electron chi connectivity index (χ0n) is 28.5. The van der Waals surface area contributed by atoms with Crippen molar-refractivity contribution < 1.29 is 9.59 Å². The zero-order valence-corrected chi connectivity index (χ0v) is 29.3. The average Bonchev–Trinajstić information content (AvgIpc) is 3.83. The number of fused-ring (bicyclic) bond motifs is 1. The van der Waals surface area contributed by atoms with Crippen molar-refractivity contribution in [2.75, 3.05) is 50.0 Å². The number of anilines is 2. The quantitative estimate of drug-likeness (QED) is 0.213. The van der Waals surface area contributed by atoms with Gasteiger partial charge in [0.15, 0.2) is 5.01 Å². The van der Waals surface area contributed by atoms with Crippen molar-refractivity contribution in [3.8, 4) is 28.0 Å². The Balaban J connectivity index is 0.834. The number of nitriles is 1. The Kier molecular flexibility index (Phi) is 9.14. The number of amides is 2. The van der Waals surface area contributed by atoms with Gasteiger partial charge in [0.25, 0.3) is 0 Å². The van der Waals surface area contributed by atoms with Gasteiger partial charge in [0, 0.05) is 57.1 Å². The third-order valence-corrected chi connectivity index (χ3v) is 11.7. The molecule has 0 saturated carbocycles.